The molecule has 0 bridgehead atoms. The van der Waals surface area contributed by atoms with E-state index in [0.29, 0.717) is 6.20 Å². The Morgan fingerprint density at radius 2 is 1.59 bits per heavy atom. The Kier molecular flexibility index (Phi) is 5.57. The monoisotopic (exact) mass is 455 g/mol. The van der Waals surface area contributed by atoms with Gasteiger partial charge in [0.05, 0.1) is 17.4 Å². The zero-order chi connectivity index (χ0) is 22.9. The molecule has 0 atom stereocenters. The predicted octanol–water partition coefficient (Wildman–Crippen LogP) is 5.07. The molecule has 1 saturated carbocycles. The van der Waals surface area contributed by atoms with Crippen molar-refractivity contribution in [2.45, 2.75) is 37.7 Å². The van der Waals surface area contributed by atoms with E-state index in [1.165, 1.54) is 6.07 Å². The normalized spacial score (nSPS) is 14.7. The molecule has 0 radical (unpaired) electrons. The quantitative estimate of drug-likeness (QED) is 0.519. The minimum atomic E-state index is -4.67. The van der Waals surface area contributed by atoms with Crippen molar-refractivity contribution in [3.63, 3.8) is 0 Å². The Morgan fingerprint density at radius 1 is 0.844 bits per heavy atom. The molecule has 3 aromatic heterocycles. The highest BCUT2D eigenvalue weighted by Crippen LogP contribution is 2.32. The third kappa shape index (κ3) is 5.03. The van der Waals surface area contributed by atoms with Gasteiger partial charge in [0.15, 0.2) is 5.82 Å². The molecule has 0 amide bonds. The van der Waals surface area contributed by atoms with Gasteiger partial charge < -0.3 is 10.6 Å². The largest absolute Gasteiger partial charge is 0.433 e. The smallest absolute Gasteiger partial charge is 0.351 e. The number of hydrogen-bond acceptors (Lipinski definition) is 7. The zero-order valence-electron chi connectivity index (χ0n) is 16.2. The number of alkyl halides is 6. The second kappa shape index (κ2) is 8.20. The van der Waals surface area contributed by atoms with Crippen LogP contribution in [0.25, 0.3) is 11.5 Å². The third-order valence-corrected chi connectivity index (χ3v) is 4.66. The Labute approximate surface area is 177 Å². The molecule has 0 aromatic carbocycles. The van der Waals surface area contributed by atoms with Crippen LogP contribution in [0.15, 0.2) is 36.7 Å². The first-order valence-electron chi connectivity index (χ1n) is 9.44. The van der Waals surface area contributed by atoms with Crippen LogP contribution in [-0.2, 0) is 12.4 Å². The molecular weight excluding hydrogens is 440 g/mol. The van der Waals surface area contributed by atoms with Gasteiger partial charge in [-0.3, -0.25) is 4.98 Å². The molecule has 2 N–H and O–H groups in total. The summed E-state index contributed by atoms with van der Waals surface area (Å²) in [4.78, 5) is 19.5. The molecule has 32 heavy (non-hydrogen) atoms. The third-order valence-electron chi connectivity index (χ3n) is 4.66. The van der Waals surface area contributed by atoms with Crippen LogP contribution in [-0.4, -0.2) is 31.0 Å². The first kappa shape index (κ1) is 21.7. The van der Waals surface area contributed by atoms with Gasteiger partial charge >= 0.3 is 12.4 Å². The summed E-state index contributed by atoms with van der Waals surface area (Å²) in [6.07, 6.45) is -4.73. The van der Waals surface area contributed by atoms with Crippen molar-refractivity contribution < 1.29 is 26.3 Å². The maximum atomic E-state index is 13.1. The molecule has 3 heterocycles. The number of hydrogen-bond donors (Lipinski definition) is 2. The lowest BCUT2D eigenvalue weighted by atomic mass is 9.93. The van der Waals surface area contributed by atoms with Crippen molar-refractivity contribution in [3.05, 3.63) is 47.9 Å². The van der Waals surface area contributed by atoms with E-state index in [2.05, 4.69) is 35.6 Å². The molecule has 0 unspecified atom stereocenters. The van der Waals surface area contributed by atoms with Gasteiger partial charge in [-0.05, 0) is 37.5 Å². The van der Waals surface area contributed by atoms with Gasteiger partial charge in [-0.2, -0.15) is 41.3 Å². The highest BCUT2D eigenvalue weighted by Gasteiger charge is 2.33. The number of pyridine rings is 2. The van der Waals surface area contributed by atoms with Crippen molar-refractivity contribution >= 4 is 17.6 Å². The molecule has 13 heteroatoms. The van der Waals surface area contributed by atoms with Gasteiger partial charge in [-0.1, -0.05) is 6.07 Å². The number of rotatable bonds is 5. The highest BCUT2D eigenvalue weighted by atomic mass is 19.4. The molecule has 3 aromatic rings. The maximum Gasteiger partial charge on any atom is 0.433 e. The minimum absolute atomic E-state index is 0.0522. The Hall–Kier alpha value is -3.51. The number of halogens is 6. The second-order valence-corrected chi connectivity index (χ2v) is 7.07. The van der Waals surface area contributed by atoms with Crippen molar-refractivity contribution in [1.82, 2.24) is 24.9 Å². The summed E-state index contributed by atoms with van der Waals surface area (Å²) in [5.74, 6) is -0.270. The second-order valence-electron chi connectivity index (χ2n) is 7.07. The van der Waals surface area contributed by atoms with Crippen LogP contribution in [0.1, 0.15) is 30.5 Å². The molecule has 168 valence electrons. The molecule has 0 saturated heterocycles. The van der Waals surface area contributed by atoms with Crippen molar-refractivity contribution in [2.75, 3.05) is 10.6 Å². The van der Waals surface area contributed by atoms with Gasteiger partial charge in [0, 0.05) is 12.2 Å². The number of anilines is 3. The topological polar surface area (TPSA) is 88.5 Å². The van der Waals surface area contributed by atoms with Gasteiger partial charge in [-0.15, -0.1) is 0 Å². The molecule has 1 aliphatic carbocycles. The fourth-order valence-corrected chi connectivity index (χ4v) is 2.86. The standard InChI is InChI=1S/C19H15F6N7/c20-18(21,22)10-7-12(9-26-8-10)28-17-31-15(30-16(32-17)27-11-3-1-4-11)13-5-2-6-14(29-13)19(23,24)25/h2,5-9,11H,1,3-4H2,(H2,27,28,30,31,32). The SMILES string of the molecule is FC(F)(F)c1cncc(Nc2nc(NC3CCC3)nc(-c3cccc(C(F)(F)F)n3)n2)c1. The van der Waals surface area contributed by atoms with E-state index in [1.807, 2.05) is 0 Å². The van der Waals surface area contributed by atoms with E-state index in [0.717, 1.165) is 43.7 Å². The summed E-state index contributed by atoms with van der Waals surface area (Å²) in [6.45, 7) is 0. The Bertz CT molecular complexity index is 1110. The molecular formula is C19H15F6N7. The zero-order valence-corrected chi connectivity index (χ0v) is 16.2. The summed E-state index contributed by atoms with van der Waals surface area (Å²) in [5, 5.41) is 5.65. The van der Waals surface area contributed by atoms with Crippen LogP contribution in [0.3, 0.4) is 0 Å². The fourth-order valence-electron chi connectivity index (χ4n) is 2.86. The first-order valence-corrected chi connectivity index (χ1v) is 9.44. The van der Waals surface area contributed by atoms with Crippen LogP contribution in [0.4, 0.5) is 43.9 Å². The average molecular weight is 455 g/mol. The predicted molar refractivity (Wildman–Crippen MR) is 102 cm³/mol. The van der Waals surface area contributed by atoms with Gasteiger partial charge in [0.2, 0.25) is 11.9 Å². The summed E-state index contributed by atoms with van der Waals surface area (Å²) < 4.78 is 78.0. The number of nitrogens with one attached hydrogen (secondary N) is 2. The first-order chi connectivity index (χ1) is 15.1. The van der Waals surface area contributed by atoms with E-state index < -0.39 is 23.6 Å². The van der Waals surface area contributed by atoms with Gasteiger partial charge in [0.25, 0.3) is 0 Å². The number of nitrogens with zero attached hydrogens (tertiary/aromatic N) is 5. The van der Waals surface area contributed by atoms with Crippen LogP contribution < -0.4 is 10.6 Å². The van der Waals surface area contributed by atoms with Crippen LogP contribution in [0, 0.1) is 0 Å². The van der Waals surface area contributed by atoms with Crippen LogP contribution in [0.2, 0.25) is 0 Å². The van der Waals surface area contributed by atoms with Crippen LogP contribution >= 0.6 is 0 Å². The Morgan fingerprint density at radius 3 is 2.25 bits per heavy atom. The average Bonchev–Trinajstić information content (AvgIpc) is 2.70. The van der Waals surface area contributed by atoms with Gasteiger partial charge in [0.1, 0.15) is 11.4 Å². The lowest BCUT2D eigenvalue weighted by Gasteiger charge is -2.26. The molecule has 0 spiro atoms. The van der Waals surface area contributed by atoms with E-state index >= 15 is 0 Å². The summed E-state index contributed by atoms with van der Waals surface area (Å²) in [6, 6.07) is 4.18. The fraction of sp³-hybridized carbons (Fsp3) is 0.316. The summed E-state index contributed by atoms with van der Waals surface area (Å²) in [5.41, 5.74) is -2.32. The Balaban J connectivity index is 1.70. The molecule has 1 aliphatic rings. The minimum Gasteiger partial charge on any atom is -0.351 e. The number of aromatic nitrogens is 5. The van der Waals surface area contributed by atoms with Gasteiger partial charge in [-0.25, -0.2) is 4.98 Å². The molecule has 0 aliphatic heterocycles. The van der Waals surface area contributed by atoms with Crippen molar-refractivity contribution in [3.8, 4) is 11.5 Å². The summed E-state index contributed by atoms with van der Waals surface area (Å²) in [7, 11) is 0. The van der Waals surface area contributed by atoms with Crippen molar-refractivity contribution in [1.29, 1.82) is 0 Å². The molecule has 1 fully saturated rings. The highest BCUT2D eigenvalue weighted by molar-refractivity contribution is 5.59. The lowest BCUT2D eigenvalue weighted by molar-refractivity contribution is -0.141. The lowest BCUT2D eigenvalue weighted by Crippen LogP contribution is -2.28. The van der Waals surface area contributed by atoms with E-state index in [9.17, 15) is 26.3 Å². The van der Waals surface area contributed by atoms with Crippen molar-refractivity contribution in [2.24, 2.45) is 0 Å². The molecule has 7 nitrogen and oxygen atoms in total. The molecule has 4 rings (SSSR count). The van der Waals surface area contributed by atoms with E-state index in [-0.39, 0.29) is 35.1 Å². The van der Waals surface area contributed by atoms with Crippen LogP contribution in [0.5, 0.6) is 0 Å². The maximum absolute atomic E-state index is 13.1. The van der Waals surface area contributed by atoms with E-state index in [4.69, 9.17) is 0 Å². The summed E-state index contributed by atoms with van der Waals surface area (Å²) >= 11 is 0. The van der Waals surface area contributed by atoms with E-state index in [1.54, 1.807) is 0 Å².